The molecule has 0 aliphatic heterocycles. The summed E-state index contributed by atoms with van der Waals surface area (Å²) in [6, 6.07) is 11.2. The van der Waals surface area contributed by atoms with Gasteiger partial charge in [0.15, 0.2) is 5.96 Å². The summed E-state index contributed by atoms with van der Waals surface area (Å²) in [5, 5.41) is 6.73. The van der Waals surface area contributed by atoms with Gasteiger partial charge in [-0.15, -0.1) is 0 Å². The maximum atomic E-state index is 4.63. The van der Waals surface area contributed by atoms with Crippen molar-refractivity contribution < 1.29 is 0 Å². The molecular formula is C16H26N4. The Labute approximate surface area is 122 Å². The molecule has 4 heteroatoms. The van der Waals surface area contributed by atoms with Crippen molar-refractivity contribution in [2.24, 2.45) is 4.99 Å². The first-order valence-electron chi connectivity index (χ1n) is 7.55. The zero-order valence-electron chi connectivity index (χ0n) is 12.6. The molecule has 0 spiro atoms. The van der Waals surface area contributed by atoms with Gasteiger partial charge in [0.25, 0.3) is 0 Å². The van der Waals surface area contributed by atoms with Gasteiger partial charge in [0.05, 0.1) is 6.54 Å². The van der Waals surface area contributed by atoms with E-state index in [2.05, 4.69) is 64.8 Å². The Morgan fingerprint density at radius 2 is 2.05 bits per heavy atom. The summed E-state index contributed by atoms with van der Waals surface area (Å²) >= 11 is 0. The minimum atomic E-state index is 0.648. The maximum Gasteiger partial charge on any atom is 0.191 e. The van der Waals surface area contributed by atoms with Crippen molar-refractivity contribution in [3.05, 3.63) is 35.9 Å². The molecule has 0 aromatic heterocycles. The molecule has 1 aliphatic carbocycles. The van der Waals surface area contributed by atoms with E-state index in [9.17, 15) is 0 Å². The predicted molar refractivity (Wildman–Crippen MR) is 84.9 cm³/mol. The van der Waals surface area contributed by atoms with E-state index in [0.29, 0.717) is 6.04 Å². The summed E-state index contributed by atoms with van der Waals surface area (Å²) in [5.41, 5.74) is 1.35. The van der Waals surface area contributed by atoms with Gasteiger partial charge >= 0.3 is 0 Å². The van der Waals surface area contributed by atoms with Crippen LogP contribution in [0, 0.1) is 0 Å². The Bertz CT molecular complexity index is 412. The number of aliphatic imine (C=N–C) groups is 1. The third kappa shape index (κ3) is 5.61. The highest BCUT2D eigenvalue weighted by atomic mass is 15.2. The third-order valence-corrected chi connectivity index (χ3v) is 3.31. The van der Waals surface area contributed by atoms with Gasteiger partial charge < -0.3 is 15.5 Å². The molecule has 20 heavy (non-hydrogen) atoms. The fraction of sp³-hybridized carbons (Fsp3) is 0.562. The van der Waals surface area contributed by atoms with Crippen LogP contribution in [0.5, 0.6) is 0 Å². The van der Waals surface area contributed by atoms with Crippen LogP contribution in [0.1, 0.15) is 25.3 Å². The average Bonchev–Trinajstić information content (AvgIpc) is 3.24. The summed E-state index contributed by atoms with van der Waals surface area (Å²) < 4.78 is 0. The molecule has 1 aliphatic rings. The fourth-order valence-electron chi connectivity index (χ4n) is 2.05. The molecule has 0 heterocycles. The maximum absolute atomic E-state index is 4.63. The number of nitrogens with zero attached hydrogens (tertiary/aromatic N) is 2. The molecule has 0 radical (unpaired) electrons. The lowest BCUT2D eigenvalue weighted by Crippen LogP contribution is -2.39. The quantitative estimate of drug-likeness (QED) is 0.589. The summed E-state index contributed by atoms with van der Waals surface area (Å²) in [6.07, 6.45) is 2.55. The molecule has 0 amide bonds. The topological polar surface area (TPSA) is 39.7 Å². The lowest BCUT2D eigenvalue weighted by atomic mass is 10.2. The monoisotopic (exact) mass is 274 g/mol. The molecule has 0 atom stereocenters. The average molecular weight is 274 g/mol. The second-order valence-electron chi connectivity index (χ2n) is 5.40. The Morgan fingerprint density at radius 3 is 2.70 bits per heavy atom. The van der Waals surface area contributed by atoms with Crippen LogP contribution in [0.15, 0.2) is 35.3 Å². The summed E-state index contributed by atoms with van der Waals surface area (Å²) in [5.74, 6) is 0.961. The Hall–Kier alpha value is -1.55. The largest absolute Gasteiger partial charge is 0.357 e. The van der Waals surface area contributed by atoms with Crippen LogP contribution in [-0.4, -0.2) is 43.6 Å². The Balaban J connectivity index is 1.72. The number of nitrogens with one attached hydrogen (secondary N) is 2. The van der Waals surface area contributed by atoms with Crippen molar-refractivity contribution in [2.75, 3.05) is 26.7 Å². The van der Waals surface area contributed by atoms with E-state index in [4.69, 9.17) is 0 Å². The highest BCUT2D eigenvalue weighted by Gasteiger charge is 2.21. The standard InChI is InChI=1S/C16H26N4/c1-3-17-16(19-15-9-10-15)18-11-12-20(2)13-14-7-5-4-6-8-14/h4-8,15H,3,9-13H2,1-2H3,(H2,17,18,19). The number of likely N-dealkylation sites (N-methyl/N-ethyl adjacent to an activating group) is 1. The lowest BCUT2D eigenvalue weighted by molar-refractivity contribution is 0.336. The molecule has 1 saturated carbocycles. The van der Waals surface area contributed by atoms with E-state index >= 15 is 0 Å². The van der Waals surface area contributed by atoms with Crippen molar-refractivity contribution in [1.82, 2.24) is 15.5 Å². The van der Waals surface area contributed by atoms with Crippen LogP contribution >= 0.6 is 0 Å². The van der Waals surface area contributed by atoms with Crippen molar-refractivity contribution in [3.63, 3.8) is 0 Å². The highest BCUT2D eigenvalue weighted by molar-refractivity contribution is 5.80. The van der Waals surface area contributed by atoms with E-state index in [-0.39, 0.29) is 0 Å². The molecule has 2 rings (SSSR count). The van der Waals surface area contributed by atoms with E-state index in [1.54, 1.807) is 0 Å². The van der Waals surface area contributed by atoms with Crippen molar-refractivity contribution in [3.8, 4) is 0 Å². The first-order valence-corrected chi connectivity index (χ1v) is 7.55. The Morgan fingerprint density at radius 1 is 1.30 bits per heavy atom. The van der Waals surface area contributed by atoms with Crippen molar-refractivity contribution in [1.29, 1.82) is 0 Å². The molecule has 1 aromatic carbocycles. The van der Waals surface area contributed by atoms with Crippen LogP contribution in [0.3, 0.4) is 0 Å². The molecule has 1 aromatic rings. The second kappa shape index (κ2) is 7.90. The SMILES string of the molecule is CCNC(=NCCN(C)Cc1ccccc1)NC1CC1. The van der Waals surface area contributed by atoms with Gasteiger partial charge in [-0.1, -0.05) is 30.3 Å². The zero-order chi connectivity index (χ0) is 14.2. The van der Waals surface area contributed by atoms with Gasteiger partial charge in [0, 0.05) is 25.7 Å². The summed E-state index contributed by atoms with van der Waals surface area (Å²) in [7, 11) is 2.14. The normalized spacial score (nSPS) is 15.4. The first kappa shape index (κ1) is 14.9. The molecule has 2 N–H and O–H groups in total. The van der Waals surface area contributed by atoms with Crippen molar-refractivity contribution >= 4 is 5.96 Å². The highest BCUT2D eigenvalue weighted by Crippen LogP contribution is 2.18. The lowest BCUT2D eigenvalue weighted by Gasteiger charge is -2.16. The van der Waals surface area contributed by atoms with E-state index in [1.165, 1.54) is 18.4 Å². The van der Waals surface area contributed by atoms with Gasteiger partial charge in [0.1, 0.15) is 0 Å². The summed E-state index contributed by atoms with van der Waals surface area (Å²) in [6.45, 7) is 5.79. The minimum absolute atomic E-state index is 0.648. The first-order chi connectivity index (χ1) is 9.78. The van der Waals surface area contributed by atoms with Gasteiger partial charge in [-0.3, -0.25) is 4.99 Å². The van der Waals surface area contributed by atoms with Crippen molar-refractivity contribution in [2.45, 2.75) is 32.4 Å². The number of benzene rings is 1. The second-order valence-corrected chi connectivity index (χ2v) is 5.40. The van der Waals surface area contributed by atoms with Gasteiger partial charge in [-0.25, -0.2) is 0 Å². The number of guanidine groups is 1. The fourth-order valence-corrected chi connectivity index (χ4v) is 2.05. The zero-order valence-corrected chi connectivity index (χ0v) is 12.6. The van der Waals surface area contributed by atoms with E-state index in [0.717, 1.165) is 32.1 Å². The molecule has 0 saturated heterocycles. The van der Waals surface area contributed by atoms with Crippen LogP contribution in [0.25, 0.3) is 0 Å². The van der Waals surface area contributed by atoms with Gasteiger partial charge in [-0.2, -0.15) is 0 Å². The summed E-state index contributed by atoms with van der Waals surface area (Å²) in [4.78, 5) is 6.93. The van der Waals surface area contributed by atoms with Gasteiger partial charge in [0.2, 0.25) is 0 Å². The minimum Gasteiger partial charge on any atom is -0.357 e. The predicted octanol–water partition coefficient (Wildman–Crippen LogP) is 1.84. The van der Waals surface area contributed by atoms with Crippen LogP contribution in [0.4, 0.5) is 0 Å². The Kier molecular flexibility index (Phi) is 5.87. The van der Waals surface area contributed by atoms with E-state index < -0.39 is 0 Å². The molecule has 0 unspecified atom stereocenters. The third-order valence-electron chi connectivity index (χ3n) is 3.31. The molecule has 1 fully saturated rings. The molecular weight excluding hydrogens is 248 g/mol. The van der Waals surface area contributed by atoms with E-state index in [1.807, 2.05) is 0 Å². The smallest absolute Gasteiger partial charge is 0.191 e. The van der Waals surface area contributed by atoms with Crippen LogP contribution in [0.2, 0.25) is 0 Å². The van der Waals surface area contributed by atoms with Crippen LogP contribution in [-0.2, 0) is 6.54 Å². The molecule has 0 bridgehead atoms. The number of rotatable bonds is 7. The number of hydrogen-bond donors (Lipinski definition) is 2. The van der Waals surface area contributed by atoms with Gasteiger partial charge in [-0.05, 0) is 32.4 Å². The molecule has 4 nitrogen and oxygen atoms in total. The number of hydrogen-bond acceptors (Lipinski definition) is 2. The molecule has 110 valence electrons. The van der Waals surface area contributed by atoms with Crippen LogP contribution < -0.4 is 10.6 Å².